The zero-order valence-corrected chi connectivity index (χ0v) is 15.5. The van der Waals surface area contributed by atoms with Crippen LogP contribution in [-0.2, 0) is 0 Å². The minimum absolute atomic E-state index is 0.203. The van der Waals surface area contributed by atoms with Crippen molar-refractivity contribution >= 4 is 38.3 Å². The number of nitrogens with zero attached hydrogens (tertiary/aromatic N) is 2. The number of pyridine rings is 1. The van der Waals surface area contributed by atoms with Gasteiger partial charge in [-0.15, -0.1) is 0 Å². The molecular weight excluding hydrogens is 366 g/mol. The number of fused-ring (bicyclic) bond motifs is 1. The molecule has 1 saturated carbocycles. The van der Waals surface area contributed by atoms with E-state index in [0.717, 1.165) is 65.4 Å². The smallest absolute Gasteiger partial charge is 0.169 e. The summed E-state index contributed by atoms with van der Waals surface area (Å²) in [6, 6.07) is 6.49. The number of anilines is 1. The standard InChI is InChI=1S/C19H22BrN3O/c1-23-8-6-14(7-9-23)22-18-15-10-13(20)4-5-17(15)21-11-16(18)19(24)12-2-3-12/h4-5,10-12,14H,2-3,6-9H2,1H3,(H,21,22). The first-order valence-electron chi connectivity index (χ1n) is 8.69. The molecule has 24 heavy (non-hydrogen) atoms. The number of rotatable bonds is 4. The van der Waals surface area contributed by atoms with E-state index in [1.807, 2.05) is 12.1 Å². The van der Waals surface area contributed by atoms with E-state index in [1.165, 1.54) is 0 Å². The summed E-state index contributed by atoms with van der Waals surface area (Å²) in [7, 11) is 2.16. The van der Waals surface area contributed by atoms with Crippen LogP contribution in [0.4, 0.5) is 5.69 Å². The molecule has 126 valence electrons. The van der Waals surface area contributed by atoms with Crippen molar-refractivity contribution in [2.45, 2.75) is 31.7 Å². The highest BCUT2D eigenvalue weighted by atomic mass is 79.9. The number of piperidine rings is 1. The Morgan fingerprint density at radius 3 is 2.71 bits per heavy atom. The zero-order chi connectivity index (χ0) is 16.7. The van der Waals surface area contributed by atoms with Crippen molar-refractivity contribution in [3.8, 4) is 0 Å². The summed E-state index contributed by atoms with van der Waals surface area (Å²) in [5.74, 6) is 0.453. The average Bonchev–Trinajstić information content (AvgIpc) is 3.42. The quantitative estimate of drug-likeness (QED) is 0.802. The molecule has 0 radical (unpaired) electrons. The first kappa shape index (κ1) is 16.0. The molecule has 1 aromatic heterocycles. The summed E-state index contributed by atoms with van der Waals surface area (Å²) in [4.78, 5) is 19.6. The molecule has 2 aromatic rings. The summed E-state index contributed by atoms with van der Waals surface area (Å²) in [6.07, 6.45) is 6.01. The number of carbonyl (C=O) groups is 1. The van der Waals surface area contributed by atoms with Gasteiger partial charge in [-0.2, -0.15) is 0 Å². The van der Waals surface area contributed by atoms with E-state index in [2.05, 4.69) is 44.2 Å². The maximum absolute atomic E-state index is 12.8. The number of ketones is 1. The summed E-state index contributed by atoms with van der Waals surface area (Å²) in [6.45, 7) is 2.19. The van der Waals surface area contributed by atoms with E-state index >= 15 is 0 Å². The highest BCUT2D eigenvalue weighted by molar-refractivity contribution is 9.10. The summed E-state index contributed by atoms with van der Waals surface area (Å²) >= 11 is 3.56. The predicted octanol–water partition coefficient (Wildman–Crippen LogP) is 4.10. The van der Waals surface area contributed by atoms with Crippen LogP contribution in [0.15, 0.2) is 28.9 Å². The second-order valence-corrected chi connectivity index (χ2v) is 7.98. The number of carbonyl (C=O) groups excluding carboxylic acids is 1. The molecule has 4 nitrogen and oxygen atoms in total. The van der Waals surface area contributed by atoms with Gasteiger partial charge in [0.15, 0.2) is 5.78 Å². The van der Waals surface area contributed by atoms with E-state index in [0.29, 0.717) is 6.04 Å². The van der Waals surface area contributed by atoms with Gasteiger partial charge in [-0.1, -0.05) is 15.9 Å². The van der Waals surface area contributed by atoms with Crippen molar-refractivity contribution in [3.05, 3.63) is 34.4 Å². The average molecular weight is 388 g/mol. The van der Waals surface area contributed by atoms with Crippen LogP contribution in [0.3, 0.4) is 0 Å². The molecule has 0 atom stereocenters. The minimum atomic E-state index is 0.203. The number of hydrogen-bond donors (Lipinski definition) is 1. The SMILES string of the molecule is CN1CCC(Nc2c(C(=O)C3CC3)cnc3ccc(Br)cc23)CC1. The number of nitrogens with one attached hydrogen (secondary N) is 1. The third-order valence-corrected chi connectivity index (χ3v) is 5.60. The van der Waals surface area contributed by atoms with Crippen molar-refractivity contribution < 1.29 is 4.79 Å². The molecule has 1 aromatic carbocycles. The maximum atomic E-state index is 12.8. The number of benzene rings is 1. The number of halogens is 1. The fraction of sp³-hybridized carbons (Fsp3) is 0.474. The van der Waals surface area contributed by atoms with Crippen LogP contribution >= 0.6 is 15.9 Å². The van der Waals surface area contributed by atoms with Gasteiger partial charge in [0.25, 0.3) is 0 Å². The van der Waals surface area contributed by atoms with E-state index in [4.69, 9.17) is 0 Å². The fourth-order valence-electron chi connectivity index (χ4n) is 3.43. The molecule has 4 rings (SSSR count). The Balaban J connectivity index is 1.75. The van der Waals surface area contributed by atoms with E-state index in [-0.39, 0.29) is 11.7 Å². The second kappa shape index (κ2) is 6.45. The largest absolute Gasteiger partial charge is 0.381 e. The molecule has 1 N–H and O–H groups in total. The first-order chi connectivity index (χ1) is 11.6. The monoisotopic (exact) mass is 387 g/mol. The topological polar surface area (TPSA) is 45.2 Å². The Labute approximate surface area is 150 Å². The van der Waals surface area contributed by atoms with Crippen LogP contribution in [0.2, 0.25) is 0 Å². The third-order valence-electron chi connectivity index (χ3n) is 5.11. The summed E-state index contributed by atoms with van der Waals surface area (Å²) < 4.78 is 1.01. The Bertz CT molecular complexity index is 780. The van der Waals surface area contributed by atoms with Crippen LogP contribution in [0, 0.1) is 5.92 Å². The van der Waals surface area contributed by atoms with Gasteiger partial charge in [0.1, 0.15) is 0 Å². The Morgan fingerprint density at radius 2 is 2.00 bits per heavy atom. The normalized spacial score (nSPS) is 19.6. The van der Waals surface area contributed by atoms with Crippen LogP contribution in [-0.4, -0.2) is 41.8 Å². The number of Topliss-reactive ketones (excluding diaryl/α,β-unsaturated/α-hetero) is 1. The van der Waals surface area contributed by atoms with Crippen molar-refractivity contribution in [3.63, 3.8) is 0 Å². The lowest BCUT2D eigenvalue weighted by molar-refractivity contribution is 0.0968. The number of likely N-dealkylation sites (tertiary alicyclic amines) is 1. The Hall–Kier alpha value is -1.46. The van der Waals surface area contributed by atoms with Crippen molar-refractivity contribution in [2.24, 2.45) is 5.92 Å². The van der Waals surface area contributed by atoms with E-state index in [1.54, 1.807) is 6.20 Å². The molecule has 0 unspecified atom stereocenters. The Morgan fingerprint density at radius 1 is 1.25 bits per heavy atom. The van der Waals surface area contributed by atoms with E-state index < -0.39 is 0 Å². The lowest BCUT2D eigenvalue weighted by Gasteiger charge is -2.31. The molecule has 5 heteroatoms. The molecule has 2 fully saturated rings. The van der Waals surface area contributed by atoms with Gasteiger partial charge in [0.2, 0.25) is 0 Å². The van der Waals surface area contributed by atoms with Gasteiger partial charge in [-0.05, 0) is 64.0 Å². The zero-order valence-electron chi connectivity index (χ0n) is 13.9. The minimum Gasteiger partial charge on any atom is -0.381 e. The summed E-state index contributed by atoms with van der Waals surface area (Å²) in [5.41, 5.74) is 2.68. The molecular formula is C19H22BrN3O. The van der Waals surface area contributed by atoms with Crippen molar-refractivity contribution in [1.82, 2.24) is 9.88 Å². The Kier molecular flexibility index (Phi) is 4.31. The van der Waals surface area contributed by atoms with Crippen LogP contribution < -0.4 is 5.32 Å². The molecule has 2 heterocycles. The molecule has 1 aliphatic carbocycles. The van der Waals surface area contributed by atoms with Crippen LogP contribution in [0.5, 0.6) is 0 Å². The highest BCUT2D eigenvalue weighted by Gasteiger charge is 2.33. The van der Waals surface area contributed by atoms with Gasteiger partial charge in [-0.3, -0.25) is 9.78 Å². The molecule has 0 bridgehead atoms. The van der Waals surface area contributed by atoms with Gasteiger partial charge in [0, 0.05) is 28.0 Å². The first-order valence-corrected chi connectivity index (χ1v) is 9.48. The lowest BCUT2D eigenvalue weighted by atomic mass is 10.00. The fourth-order valence-corrected chi connectivity index (χ4v) is 3.79. The van der Waals surface area contributed by atoms with E-state index in [9.17, 15) is 4.79 Å². The van der Waals surface area contributed by atoms with Gasteiger partial charge in [-0.25, -0.2) is 0 Å². The molecule has 0 spiro atoms. The van der Waals surface area contributed by atoms with Gasteiger partial charge >= 0.3 is 0 Å². The van der Waals surface area contributed by atoms with Crippen LogP contribution in [0.25, 0.3) is 10.9 Å². The summed E-state index contributed by atoms with van der Waals surface area (Å²) in [5, 5.41) is 4.73. The highest BCUT2D eigenvalue weighted by Crippen LogP contribution is 2.37. The van der Waals surface area contributed by atoms with Crippen molar-refractivity contribution in [2.75, 3.05) is 25.5 Å². The van der Waals surface area contributed by atoms with Gasteiger partial charge < -0.3 is 10.2 Å². The maximum Gasteiger partial charge on any atom is 0.169 e. The number of hydrogen-bond acceptors (Lipinski definition) is 4. The van der Waals surface area contributed by atoms with Crippen molar-refractivity contribution in [1.29, 1.82) is 0 Å². The third kappa shape index (κ3) is 3.20. The molecule has 1 aliphatic heterocycles. The molecule has 2 aliphatic rings. The van der Waals surface area contributed by atoms with Crippen LogP contribution in [0.1, 0.15) is 36.0 Å². The van der Waals surface area contributed by atoms with Gasteiger partial charge in [0.05, 0.1) is 16.8 Å². The lowest BCUT2D eigenvalue weighted by Crippen LogP contribution is -2.37. The molecule has 1 saturated heterocycles. The molecule has 0 amide bonds. The second-order valence-electron chi connectivity index (χ2n) is 7.07. The number of aromatic nitrogens is 1. The predicted molar refractivity (Wildman–Crippen MR) is 101 cm³/mol.